The molecule has 0 radical (unpaired) electrons. The summed E-state index contributed by atoms with van der Waals surface area (Å²) in [6.45, 7) is 6.39. The predicted molar refractivity (Wildman–Crippen MR) is 70.7 cm³/mol. The van der Waals surface area contributed by atoms with Gasteiger partial charge >= 0.3 is 0 Å². The predicted octanol–water partition coefficient (Wildman–Crippen LogP) is 1.54. The molecule has 1 atom stereocenters. The van der Waals surface area contributed by atoms with Crippen LogP contribution in [0.1, 0.15) is 26.0 Å². The molecule has 0 fully saturated rings. The van der Waals surface area contributed by atoms with Crippen LogP contribution in [0.25, 0.3) is 0 Å². The quantitative estimate of drug-likeness (QED) is 0.780. The zero-order valence-electron chi connectivity index (χ0n) is 11.3. The summed E-state index contributed by atoms with van der Waals surface area (Å²) >= 11 is 0. The molecule has 0 amide bonds. The maximum atomic E-state index is 4.22. The Bertz CT molecular complexity index is 288. The summed E-state index contributed by atoms with van der Waals surface area (Å²) in [6, 6.07) is 2.47. The van der Waals surface area contributed by atoms with Crippen molar-refractivity contribution in [3.05, 3.63) is 24.3 Å². The first-order valence-corrected chi connectivity index (χ1v) is 6.21. The lowest BCUT2D eigenvalue weighted by atomic mass is 10.0. The molecule has 1 rings (SSSR count). The monoisotopic (exact) mass is 236 g/mol. The van der Waals surface area contributed by atoms with Crippen molar-refractivity contribution in [2.75, 3.05) is 20.6 Å². The molecule has 0 spiro atoms. The third kappa shape index (κ3) is 6.34. The number of hydrogen-bond donors (Lipinski definition) is 1. The lowest BCUT2D eigenvalue weighted by molar-refractivity contribution is 0.304. The Morgan fingerprint density at radius 1 is 1.35 bits per heavy atom. The van der Waals surface area contributed by atoms with Gasteiger partial charge in [-0.05, 0) is 32.5 Å². The highest BCUT2D eigenvalue weighted by molar-refractivity contribution is 4.97. The van der Waals surface area contributed by atoms with Crippen LogP contribution in [0.3, 0.4) is 0 Å². The van der Waals surface area contributed by atoms with Crippen molar-refractivity contribution in [1.29, 1.82) is 0 Å². The summed E-state index contributed by atoms with van der Waals surface area (Å²) in [5.74, 6) is 0.706. The van der Waals surface area contributed by atoms with E-state index in [9.17, 15) is 0 Å². The second kappa shape index (κ2) is 7.35. The van der Waals surface area contributed by atoms with Gasteiger partial charge in [0.2, 0.25) is 0 Å². The minimum atomic E-state index is 0.514. The van der Waals surface area contributed by atoms with E-state index in [-0.39, 0.29) is 0 Å². The summed E-state index contributed by atoms with van der Waals surface area (Å²) in [6.07, 6.45) is 4.57. The van der Waals surface area contributed by atoms with E-state index < -0.39 is 0 Å². The van der Waals surface area contributed by atoms with Crippen LogP contribution < -0.4 is 5.32 Å². The first kappa shape index (κ1) is 14.1. The second-order valence-electron chi connectivity index (χ2n) is 5.17. The average Bonchev–Trinajstić information content (AvgIpc) is 2.26. The van der Waals surface area contributed by atoms with Crippen molar-refractivity contribution >= 4 is 0 Å². The van der Waals surface area contributed by atoms with E-state index in [1.165, 1.54) is 6.42 Å². The Morgan fingerprint density at radius 3 is 2.65 bits per heavy atom. The van der Waals surface area contributed by atoms with Gasteiger partial charge in [-0.1, -0.05) is 13.8 Å². The molecule has 0 bridgehead atoms. The van der Waals surface area contributed by atoms with Crippen LogP contribution in [0.15, 0.2) is 18.6 Å². The van der Waals surface area contributed by atoms with E-state index in [0.29, 0.717) is 12.0 Å². The summed E-state index contributed by atoms with van der Waals surface area (Å²) in [7, 11) is 4.22. The molecule has 1 heterocycles. The first-order valence-electron chi connectivity index (χ1n) is 6.21. The number of likely N-dealkylation sites (N-methyl/N-ethyl adjacent to an activating group) is 1. The van der Waals surface area contributed by atoms with Gasteiger partial charge in [-0.15, -0.1) is 0 Å². The van der Waals surface area contributed by atoms with E-state index in [1.54, 1.807) is 12.5 Å². The van der Waals surface area contributed by atoms with E-state index in [0.717, 1.165) is 18.8 Å². The van der Waals surface area contributed by atoms with Gasteiger partial charge in [0.15, 0.2) is 0 Å². The van der Waals surface area contributed by atoms with Gasteiger partial charge in [0.1, 0.15) is 6.33 Å². The Balaban J connectivity index is 2.43. The van der Waals surface area contributed by atoms with Crippen LogP contribution >= 0.6 is 0 Å². The third-order valence-corrected chi connectivity index (χ3v) is 2.56. The molecule has 0 aromatic carbocycles. The highest BCUT2D eigenvalue weighted by Gasteiger charge is 2.11. The Morgan fingerprint density at radius 2 is 2.12 bits per heavy atom. The largest absolute Gasteiger partial charge is 0.308 e. The average molecular weight is 236 g/mol. The smallest absolute Gasteiger partial charge is 0.115 e. The molecular formula is C13H24N4. The summed E-state index contributed by atoms with van der Waals surface area (Å²) < 4.78 is 0. The fourth-order valence-electron chi connectivity index (χ4n) is 1.90. The van der Waals surface area contributed by atoms with E-state index in [1.807, 2.05) is 6.07 Å². The summed E-state index contributed by atoms with van der Waals surface area (Å²) in [5, 5.41) is 3.57. The highest BCUT2D eigenvalue weighted by atomic mass is 15.1. The van der Waals surface area contributed by atoms with Crippen molar-refractivity contribution in [2.24, 2.45) is 5.92 Å². The molecule has 17 heavy (non-hydrogen) atoms. The lowest BCUT2D eigenvalue weighted by Gasteiger charge is -2.23. The summed E-state index contributed by atoms with van der Waals surface area (Å²) in [4.78, 5) is 10.4. The fraction of sp³-hybridized carbons (Fsp3) is 0.692. The first-order chi connectivity index (χ1) is 8.08. The molecule has 1 N–H and O–H groups in total. The number of rotatable bonds is 7. The van der Waals surface area contributed by atoms with Crippen LogP contribution in [-0.4, -0.2) is 41.5 Å². The van der Waals surface area contributed by atoms with Crippen LogP contribution in [0, 0.1) is 5.92 Å². The lowest BCUT2D eigenvalue weighted by Crippen LogP contribution is -2.39. The SMILES string of the molecule is CC(C)CC(CN(C)C)NCc1ccncn1. The van der Waals surface area contributed by atoms with E-state index in [2.05, 4.69) is 48.1 Å². The molecule has 96 valence electrons. The maximum Gasteiger partial charge on any atom is 0.115 e. The minimum Gasteiger partial charge on any atom is -0.308 e. The molecule has 1 aromatic heterocycles. The molecule has 4 heteroatoms. The molecular weight excluding hydrogens is 212 g/mol. The van der Waals surface area contributed by atoms with Gasteiger partial charge in [0, 0.05) is 25.3 Å². The fourth-order valence-corrected chi connectivity index (χ4v) is 1.90. The molecule has 0 saturated heterocycles. The molecule has 1 unspecified atom stereocenters. The maximum absolute atomic E-state index is 4.22. The van der Waals surface area contributed by atoms with E-state index >= 15 is 0 Å². The summed E-state index contributed by atoms with van der Waals surface area (Å²) in [5.41, 5.74) is 1.05. The number of aromatic nitrogens is 2. The van der Waals surface area contributed by atoms with Crippen LogP contribution in [0.4, 0.5) is 0 Å². The molecule has 0 aliphatic rings. The van der Waals surface area contributed by atoms with Crippen molar-refractivity contribution in [3.63, 3.8) is 0 Å². The van der Waals surface area contributed by atoms with Gasteiger partial charge in [-0.3, -0.25) is 0 Å². The number of nitrogens with one attached hydrogen (secondary N) is 1. The highest BCUT2D eigenvalue weighted by Crippen LogP contribution is 2.06. The number of hydrogen-bond acceptors (Lipinski definition) is 4. The van der Waals surface area contributed by atoms with E-state index in [4.69, 9.17) is 0 Å². The molecule has 0 aliphatic carbocycles. The van der Waals surface area contributed by atoms with Crippen molar-refractivity contribution < 1.29 is 0 Å². The Hall–Kier alpha value is -1.00. The van der Waals surface area contributed by atoms with Crippen molar-refractivity contribution in [2.45, 2.75) is 32.9 Å². The Kier molecular flexibility index (Phi) is 6.08. The van der Waals surface area contributed by atoms with Crippen molar-refractivity contribution in [3.8, 4) is 0 Å². The number of nitrogens with zero attached hydrogens (tertiary/aromatic N) is 3. The van der Waals surface area contributed by atoms with Gasteiger partial charge < -0.3 is 10.2 Å². The van der Waals surface area contributed by atoms with Gasteiger partial charge in [0.05, 0.1) is 5.69 Å². The van der Waals surface area contributed by atoms with Crippen LogP contribution in [0.5, 0.6) is 0 Å². The van der Waals surface area contributed by atoms with Gasteiger partial charge in [-0.25, -0.2) is 9.97 Å². The zero-order chi connectivity index (χ0) is 12.7. The normalized spacial score (nSPS) is 13.3. The van der Waals surface area contributed by atoms with Gasteiger partial charge in [-0.2, -0.15) is 0 Å². The van der Waals surface area contributed by atoms with Crippen LogP contribution in [-0.2, 0) is 6.54 Å². The zero-order valence-corrected chi connectivity index (χ0v) is 11.3. The van der Waals surface area contributed by atoms with Crippen molar-refractivity contribution in [1.82, 2.24) is 20.2 Å². The van der Waals surface area contributed by atoms with Crippen LogP contribution in [0.2, 0.25) is 0 Å². The second-order valence-corrected chi connectivity index (χ2v) is 5.17. The minimum absolute atomic E-state index is 0.514. The molecule has 1 aromatic rings. The third-order valence-electron chi connectivity index (χ3n) is 2.56. The molecule has 0 aliphatic heterocycles. The standard InChI is InChI=1S/C13H24N4/c1-11(2)7-13(9-17(3)4)15-8-12-5-6-14-10-16-12/h5-6,10-11,13,15H,7-9H2,1-4H3. The van der Waals surface area contributed by atoms with Gasteiger partial charge in [0.25, 0.3) is 0 Å². The molecule has 0 saturated carbocycles. The Labute approximate surface area is 104 Å². The topological polar surface area (TPSA) is 41.0 Å². The molecule has 4 nitrogen and oxygen atoms in total.